The van der Waals surface area contributed by atoms with Crippen molar-refractivity contribution in [3.05, 3.63) is 65.9 Å². The van der Waals surface area contributed by atoms with Crippen LogP contribution in [-0.2, 0) is 0 Å². The third-order valence-electron chi connectivity index (χ3n) is 3.05. The van der Waals surface area contributed by atoms with Gasteiger partial charge in [-0.25, -0.2) is 13.8 Å². The van der Waals surface area contributed by atoms with Gasteiger partial charge in [-0.05, 0) is 48.9 Å². The SMILES string of the molecule is Cc1cc(-c2ccc[nH]2)nc(-c2ccc(F)cc2F)c1. The number of nitrogens with zero attached hydrogens (tertiary/aromatic N) is 1. The summed E-state index contributed by atoms with van der Waals surface area (Å²) in [6, 6.07) is 11.0. The zero-order valence-electron chi connectivity index (χ0n) is 10.8. The first-order chi connectivity index (χ1) is 9.63. The molecule has 3 rings (SSSR count). The van der Waals surface area contributed by atoms with Crippen molar-refractivity contribution >= 4 is 0 Å². The summed E-state index contributed by atoms with van der Waals surface area (Å²) in [6.07, 6.45) is 1.80. The Labute approximate surface area is 115 Å². The van der Waals surface area contributed by atoms with Crippen molar-refractivity contribution in [2.24, 2.45) is 0 Å². The quantitative estimate of drug-likeness (QED) is 0.737. The van der Waals surface area contributed by atoms with E-state index < -0.39 is 11.6 Å². The molecule has 1 aromatic carbocycles. The van der Waals surface area contributed by atoms with Crippen LogP contribution in [0.15, 0.2) is 48.7 Å². The molecule has 0 saturated carbocycles. The second-order valence-electron chi connectivity index (χ2n) is 4.62. The first kappa shape index (κ1) is 12.5. The monoisotopic (exact) mass is 270 g/mol. The molecule has 0 atom stereocenters. The van der Waals surface area contributed by atoms with E-state index in [2.05, 4.69) is 9.97 Å². The number of halogens is 2. The molecule has 0 aliphatic carbocycles. The summed E-state index contributed by atoms with van der Waals surface area (Å²) in [7, 11) is 0. The Morgan fingerprint density at radius 2 is 1.80 bits per heavy atom. The molecule has 0 saturated heterocycles. The highest BCUT2D eigenvalue weighted by atomic mass is 19.1. The topological polar surface area (TPSA) is 28.7 Å². The molecule has 4 heteroatoms. The third-order valence-corrected chi connectivity index (χ3v) is 3.05. The molecule has 2 aromatic heterocycles. The fourth-order valence-electron chi connectivity index (χ4n) is 2.13. The third kappa shape index (κ3) is 2.32. The molecule has 3 aromatic rings. The van der Waals surface area contributed by atoms with E-state index in [-0.39, 0.29) is 0 Å². The number of H-pyrrole nitrogens is 1. The molecular formula is C16H12F2N2. The van der Waals surface area contributed by atoms with Crippen molar-refractivity contribution < 1.29 is 8.78 Å². The fraction of sp³-hybridized carbons (Fsp3) is 0.0625. The van der Waals surface area contributed by atoms with E-state index in [1.165, 1.54) is 12.1 Å². The normalized spacial score (nSPS) is 10.8. The Morgan fingerprint density at radius 3 is 2.50 bits per heavy atom. The summed E-state index contributed by atoms with van der Waals surface area (Å²) in [5.74, 6) is -1.20. The number of aromatic amines is 1. The van der Waals surface area contributed by atoms with Gasteiger partial charge in [0.15, 0.2) is 0 Å². The molecule has 0 amide bonds. The lowest BCUT2D eigenvalue weighted by Gasteiger charge is -2.07. The number of pyridine rings is 1. The van der Waals surface area contributed by atoms with Crippen LogP contribution in [0.1, 0.15) is 5.56 Å². The van der Waals surface area contributed by atoms with Gasteiger partial charge in [-0.3, -0.25) is 0 Å². The van der Waals surface area contributed by atoms with E-state index in [0.717, 1.165) is 23.0 Å². The van der Waals surface area contributed by atoms with Gasteiger partial charge in [0.2, 0.25) is 0 Å². The minimum Gasteiger partial charge on any atom is -0.360 e. The number of aromatic nitrogens is 2. The van der Waals surface area contributed by atoms with Crippen molar-refractivity contribution in [2.75, 3.05) is 0 Å². The maximum absolute atomic E-state index is 13.9. The van der Waals surface area contributed by atoms with Gasteiger partial charge in [-0.2, -0.15) is 0 Å². The van der Waals surface area contributed by atoms with Gasteiger partial charge in [0, 0.05) is 17.8 Å². The molecule has 0 aliphatic heterocycles. The Morgan fingerprint density at radius 1 is 1.00 bits per heavy atom. The Hall–Kier alpha value is -2.49. The molecule has 0 bridgehead atoms. The fourth-order valence-corrected chi connectivity index (χ4v) is 2.13. The second kappa shape index (κ2) is 4.89. The van der Waals surface area contributed by atoms with Crippen LogP contribution in [0.5, 0.6) is 0 Å². The van der Waals surface area contributed by atoms with Crippen LogP contribution >= 0.6 is 0 Å². The van der Waals surface area contributed by atoms with Crippen LogP contribution in [0, 0.1) is 18.6 Å². The second-order valence-corrected chi connectivity index (χ2v) is 4.62. The van der Waals surface area contributed by atoms with Gasteiger partial charge in [0.25, 0.3) is 0 Å². The van der Waals surface area contributed by atoms with Crippen molar-refractivity contribution in [3.63, 3.8) is 0 Å². The van der Waals surface area contributed by atoms with Crippen molar-refractivity contribution in [3.8, 4) is 22.6 Å². The number of benzene rings is 1. The van der Waals surface area contributed by atoms with Crippen LogP contribution in [0.3, 0.4) is 0 Å². The lowest BCUT2D eigenvalue weighted by molar-refractivity contribution is 0.585. The number of hydrogen-bond acceptors (Lipinski definition) is 1. The van der Waals surface area contributed by atoms with E-state index in [9.17, 15) is 8.78 Å². The van der Waals surface area contributed by atoms with Gasteiger partial charge in [-0.15, -0.1) is 0 Å². The summed E-state index contributed by atoms with van der Waals surface area (Å²) >= 11 is 0. The predicted molar refractivity (Wildman–Crippen MR) is 74.1 cm³/mol. The Kier molecular flexibility index (Phi) is 3.06. The molecule has 20 heavy (non-hydrogen) atoms. The number of nitrogens with one attached hydrogen (secondary N) is 1. The lowest BCUT2D eigenvalue weighted by atomic mass is 10.1. The predicted octanol–water partition coefficient (Wildman–Crippen LogP) is 4.33. The highest BCUT2D eigenvalue weighted by molar-refractivity contribution is 5.66. The minimum atomic E-state index is -0.611. The average Bonchev–Trinajstić information content (AvgIpc) is 2.91. The van der Waals surface area contributed by atoms with Crippen molar-refractivity contribution in [1.29, 1.82) is 0 Å². The van der Waals surface area contributed by atoms with E-state index >= 15 is 0 Å². The van der Waals surface area contributed by atoms with Gasteiger partial charge in [0.05, 0.1) is 17.1 Å². The largest absolute Gasteiger partial charge is 0.360 e. The molecule has 0 radical (unpaired) electrons. The number of hydrogen-bond donors (Lipinski definition) is 1. The summed E-state index contributed by atoms with van der Waals surface area (Å²) < 4.78 is 26.8. The molecule has 100 valence electrons. The maximum atomic E-state index is 13.9. The van der Waals surface area contributed by atoms with E-state index in [4.69, 9.17) is 0 Å². The van der Waals surface area contributed by atoms with Gasteiger partial charge in [-0.1, -0.05) is 0 Å². The lowest BCUT2D eigenvalue weighted by Crippen LogP contribution is -1.93. The van der Waals surface area contributed by atoms with Crippen LogP contribution in [0.2, 0.25) is 0 Å². The van der Waals surface area contributed by atoms with Crippen LogP contribution in [0.4, 0.5) is 8.78 Å². The van der Waals surface area contributed by atoms with E-state index in [1.54, 1.807) is 12.3 Å². The van der Waals surface area contributed by atoms with Gasteiger partial charge < -0.3 is 4.98 Å². The minimum absolute atomic E-state index is 0.294. The van der Waals surface area contributed by atoms with Crippen LogP contribution < -0.4 is 0 Å². The molecule has 1 N–H and O–H groups in total. The summed E-state index contributed by atoms with van der Waals surface area (Å²) in [5, 5.41) is 0. The molecule has 0 unspecified atom stereocenters. The highest BCUT2D eigenvalue weighted by Crippen LogP contribution is 2.26. The van der Waals surface area contributed by atoms with Crippen LogP contribution in [0.25, 0.3) is 22.6 Å². The van der Waals surface area contributed by atoms with Crippen molar-refractivity contribution in [1.82, 2.24) is 9.97 Å². The first-order valence-corrected chi connectivity index (χ1v) is 6.21. The highest BCUT2D eigenvalue weighted by Gasteiger charge is 2.10. The Bertz CT molecular complexity index is 749. The van der Waals surface area contributed by atoms with E-state index in [1.807, 2.05) is 25.1 Å². The number of aryl methyl sites for hydroxylation is 1. The average molecular weight is 270 g/mol. The zero-order chi connectivity index (χ0) is 14.1. The Balaban J connectivity index is 2.14. The molecular weight excluding hydrogens is 258 g/mol. The molecule has 0 aliphatic rings. The van der Waals surface area contributed by atoms with E-state index in [0.29, 0.717) is 11.3 Å². The smallest absolute Gasteiger partial charge is 0.135 e. The maximum Gasteiger partial charge on any atom is 0.135 e. The zero-order valence-corrected chi connectivity index (χ0v) is 10.8. The summed E-state index contributed by atoms with van der Waals surface area (Å²) in [5.41, 5.74) is 3.34. The van der Waals surface area contributed by atoms with Gasteiger partial charge >= 0.3 is 0 Å². The molecule has 2 nitrogen and oxygen atoms in total. The molecule has 0 spiro atoms. The summed E-state index contributed by atoms with van der Waals surface area (Å²) in [6.45, 7) is 1.92. The van der Waals surface area contributed by atoms with Crippen molar-refractivity contribution in [2.45, 2.75) is 6.92 Å². The number of rotatable bonds is 2. The van der Waals surface area contributed by atoms with Gasteiger partial charge in [0.1, 0.15) is 11.6 Å². The molecule has 2 heterocycles. The summed E-state index contributed by atoms with van der Waals surface area (Å²) in [4.78, 5) is 7.51. The molecule has 0 fully saturated rings. The first-order valence-electron chi connectivity index (χ1n) is 6.21. The standard InChI is InChI=1S/C16H12F2N2/c1-10-7-15(12-5-4-11(17)9-13(12)18)20-16(8-10)14-3-2-6-19-14/h2-9,19H,1H3. The van der Waals surface area contributed by atoms with Crippen LogP contribution in [-0.4, -0.2) is 9.97 Å².